The van der Waals surface area contributed by atoms with Gasteiger partial charge >= 0.3 is 0 Å². The summed E-state index contributed by atoms with van der Waals surface area (Å²) < 4.78 is 12.7. The molecule has 2 saturated carbocycles. The fourth-order valence-corrected chi connectivity index (χ4v) is 1.80. The first kappa shape index (κ1) is 10.3. The third-order valence-corrected chi connectivity index (χ3v) is 2.71. The zero-order valence-corrected chi connectivity index (χ0v) is 8.08. The fraction of sp³-hybridized carbons (Fsp3) is 1.00. The van der Waals surface area contributed by atoms with Gasteiger partial charge in [0.1, 0.15) is 6.17 Å². The van der Waals surface area contributed by atoms with E-state index in [-0.39, 0.29) is 12.4 Å². The van der Waals surface area contributed by atoms with Crippen LogP contribution in [-0.4, -0.2) is 18.3 Å². The number of hydrogen-bond donors (Lipinski definition) is 1. The smallest absolute Gasteiger partial charge is 0.100 e. The van der Waals surface area contributed by atoms with Crippen molar-refractivity contribution in [1.82, 2.24) is 5.32 Å². The third kappa shape index (κ3) is 2.91. The number of nitrogens with one attached hydrogen (secondary N) is 1. The highest BCUT2D eigenvalue weighted by Gasteiger charge is 2.27. The van der Waals surface area contributed by atoms with Crippen LogP contribution in [-0.2, 0) is 0 Å². The molecule has 0 radical (unpaired) electrons. The summed E-state index contributed by atoms with van der Waals surface area (Å²) in [6, 6.07) is 1.42. The highest BCUT2D eigenvalue weighted by atomic mass is 35.5. The van der Waals surface area contributed by atoms with Gasteiger partial charge in [-0.3, -0.25) is 0 Å². The molecule has 2 aliphatic rings. The van der Waals surface area contributed by atoms with Crippen LogP contribution < -0.4 is 5.32 Å². The molecule has 0 unspecified atom stereocenters. The van der Waals surface area contributed by atoms with Crippen molar-refractivity contribution in [3.05, 3.63) is 0 Å². The summed E-state index contributed by atoms with van der Waals surface area (Å²) in [6.45, 7) is 0. The highest BCUT2D eigenvalue weighted by molar-refractivity contribution is 5.85. The lowest BCUT2D eigenvalue weighted by atomic mass is 9.94. The van der Waals surface area contributed by atoms with Crippen LogP contribution in [0.5, 0.6) is 0 Å². The van der Waals surface area contributed by atoms with E-state index in [1.807, 2.05) is 0 Å². The summed E-state index contributed by atoms with van der Waals surface area (Å²) in [5, 5.41) is 3.55. The predicted octanol–water partition coefficient (Wildman–Crippen LogP) is 2.44. The first-order valence-electron chi connectivity index (χ1n) is 4.75. The van der Waals surface area contributed by atoms with E-state index in [0.29, 0.717) is 6.04 Å². The molecule has 0 bridgehead atoms. The van der Waals surface area contributed by atoms with E-state index in [2.05, 4.69) is 5.32 Å². The summed E-state index contributed by atoms with van der Waals surface area (Å²) in [6.07, 6.45) is 5.85. The van der Waals surface area contributed by atoms with Crippen LogP contribution >= 0.6 is 12.4 Å². The summed E-state index contributed by atoms with van der Waals surface area (Å²) in [5.74, 6) is 0. The van der Waals surface area contributed by atoms with Crippen LogP contribution in [0, 0.1) is 0 Å². The Kier molecular flexibility index (Phi) is 3.78. The Morgan fingerprint density at radius 1 is 0.833 bits per heavy atom. The van der Waals surface area contributed by atoms with Crippen LogP contribution in [0.3, 0.4) is 0 Å². The van der Waals surface area contributed by atoms with Crippen molar-refractivity contribution < 1.29 is 4.39 Å². The van der Waals surface area contributed by atoms with Gasteiger partial charge in [0, 0.05) is 12.1 Å². The minimum Gasteiger partial charge on any atom is -0.311 e. The van der Waals surface area contributed by atoms with Crippen LogP contribution in [0.1, 0.15) is 38.5 Å². The van der Waals surface area contributed by atoms with Gasteiger partial charge in [-0.15, -0.1) is 12.4 Å². The van der Waals surface area contributed by atoms with Crippen molar-refractivity contribution >= 4 is 12.4 Å². The number of alkyl halides is 1. The van der Waals surface area contributed by atoms with Gasteiger partial charge in [0.15, 0.2) is 0 Å². The average Bonchev–Trinajstić information content (AvgIpc) is 2.78. The molecule has 0 aromatic rings. The van der Waals surface area contributed by atoms with Gasteiger partial charge in [-0.1, -0.05) is 0 Å². The molecule has 2 fully saturated rings. The summed E-state index contributed by atoms with van der Waals surface area (Å²) in [7, 11) is 0. The summed E-state index contributed by atoms with van der Waals surface area (Å²) in [4.78, 5) is 0. The zero-order chi connectivity index (χ0) is 7.68. The lowest BCUT2D eigenvalue weighted by Gasteiger charge is -2.25. The summed E-state index contributed by atoms with van der Waals surface area (Å²) >= 11 is 0. The van der Waals surface area contributed by atoms with Crippen molar-refractivity contribution in [2.45, 2.75) is 56.8 Å². The molecule has 2 rings (SSSR count). The standard InChI is InChI=1S/C9H16FN.ClH/c10-7-1-3-8(4-2-7)11-9-5-6-9;/h7-9,11H,1-6H2;1H. The van der Waals surface area contributed by atoms with Crippen LogP contribution in [0.2, 0.25) is 0 Å². The van der Waals surface area contributed by atoms with Crippen molar-refractivity contribution in [3.8, 4) is 0 Å². The molecule has 0 atom stereocenters. The Balaban J connectivity index is 0.000000720. The van der Waals surface area contributed by atoms with Gasteiger partial charge in [-0.2, -0.15) is 0 Å². The van der Waals surface area contributed by atoms with Crippen LogP contribution in [0.15, 0.2) is 0 Å². The predicted molar refractivity (Wildman–Crippen MR) is 50.6 cm³/mol. The second-order valence-electron chi connectivity index (χ2n) is 3.89. The molecule has 1 nitrogen and oxygen atoms in total. The monoisotopic (exact) mass is 193 g/mol. The van der Waals surface area contributed by atoms with Gasteiger partial charge in [0.2, 0.25) is 0 Å². The average molecular weight is 194 g/mol. The van der Waals surface area contributed by atoms with Gasteiger partial charge in [0.25, 0.3) is 0 Å². The molecular weight excluding hydrogens is 177 g/mol. The Hall–Kier alpha value is 0.180. The Bertz CT molecular complexity index is 130. The molecule has 0 heterocycles. The largest absolute Gasteiger partial charge is 0.311 e. The van der Waals surface area contributed by atoms with Crippen molar-refractivity contribution in [2.75, 3.05) is 0 Å². The van der Waals surface area contributed by atoms with E-state index in [1.54, 1.807) is 0 Å². The molecule has 1 N–H and O–H groups in total. The second kappa shape index (κ2) is 4.43. The third-order valence-electron chi connectivity index (χ3n) is 2.71. The lowest BCUT2D eigenvalue weighted by Crippen LogP contribution is -2.34. The quantitative estimate of drug-likeness (QED) is 0.711. The Morgan fingerprint density at radius 3 is 1.67 bits per heavy atom. The highest BCUT2D eigenvalue weighted by Crippen LogP contribution is 2.25. The second-order valence-corrected chi connectivity index (χ2v) is 3.89. The minimum absolute atomic E-state index is 0. The van der Waals surface area contributed by atoms with Crippen molar-refractivity contribution in [1.29, 1.82) is 0 Å². The van der Waals surface area contributed by atoms with Crippen molar-refractivity contribution in [3.63, 3.8) is 0 Å². The zero-order valence-electron chi connectivity index (χ0n) is 7.26. The molecule has 3 heteroatoms. The number of rotatable bonds is 2. The van der Waals surface area contributed by atoms with E-state index < -0.39 is 6.17 Å². The van der Waals surface area contributed by atoms with Crippen LogP contribution in [0.4, 0.5) is 4.39 Å². The van der Waals surface area contributed by atoms with Gasteiger partial charge in [-0.05, 0) is 38.5 Å². The van der Waals surface area contributed by atoms with Gasteiger partial charge in [-0.25, -0.2) is 4.39 Å². The fourth-order valence-electron chi connectivity index (χ4n) is 1.80. The summed E-state index contributed by atoms with van der Waals surface area (Å²) in [5.41, 5.74) is 0. The van der Waals surface area contributed by atoms with Gasteiger partial charge in [0.05, 0.1) is 0 Å². The maximum absolute atomic E-state index is 12.7. The number of hydrogen-bond acceptors (Lipinski definition) is 1. The molecular formula is C9H17ClFN. The molecule has 0 saturated heterocycles. The molecule has 72 valence electrons. The molecule has 12 heavy (non-hydrogen) atoms. The minimum atomic E-state index is -0.507. The van der Waals surface area contributed by atoms with Crippen molar-refractivity contribution in [2.24, 2.45) is 0 Å². The maximum Gasteiger partial charge on any atom is 0.100 e. The molecule has 0 aromatic carbocycles. The molecule has 2 aliphatic carbocycles. The van der Waals surface area contributed by atoms with E-state index in [0.717, 1.165) is 31.7 Å². The Morgan fingerprint density at radius 2 is 1.25 bits per heavy atom. The lowest BCUT2D eigenvalue weighted by molar-refractivity contribution is 0.219. The van der Waals surface area contributed by atoms with E-state index in [4.69, 9.17) is 0 Å². The SMILES string of the molecule is Cl.FC1CCC(NC2CC2)CC1. The first-order chi connectivity index (χ1) is 5.34. The number of halogens is 2. The molecule has 0 amide bonds. The molecule has 0 aromatic heterocycles. The Labute approximate surface area is 79.5 Å². The van der Waals surface area contributed by atoms with E-state index in [1.165, 1.54) is 12.8 Å². The maximum atomic E-state index is 12.7. The topological polar surface area (TPSA) is 12.0 Å². The first-order valence-corrected chi connectivity index (χ1v) is 4.75. The molecule has 0 aliphatic heterocycles. The van der Waals surface area contributed by atoms with E-state index in [9.17, 15) is 4.39 Å². The normalized spacial score (nSPS) is 35.8. The van der Waals surface area contributed by atoms with E-state index >= 15 is 0 Å². The molecule has 0 spiro atoms. The van der Waals surface area contributed by atoms with Crippen LogP contribution in [0.25, 0.3) is 0 Å². The van der Waals surface area contributed by atoms with Gasteiger partial charge < -0.3 is 5.32 Å².